The van der Waals surface area contributed by atoms with Crippen molar-refractivity contribution in [2.24, 2.45) is 5.41 Å². The second-order valence-electron chi connectivity index (χ2n) is 7.33. The lowest BCUT2D eigenvalue weighted by atomic mass is 9.74. The Labute approximate surface area is 127 Å². The zero-order valence-electron chi connectivity index (χ0n) is 13.1. The van der Waals surface area contributed by atoms with Gasteiger partial charge in [0.2, 0.25) is 5.91 Å². The van der Waals surface area contributed by atoms with Gasteiger partial charge in [0.25, 0.3) is 0 Å². The average Bonchev–Trinajstić information content (AvgIpc) is 2.80. The van der Waals surface area contributed by atoms with E-state index >= 15 is 0 Å². The molecule has 2 aliphatic rings. The lowest BCUT2D eigenvalue weighted by Crippen LogP contribution is -2.43. The summed E-state index contributed by atoms with van der Waals surface area (Å²) in [6.07, 6.45) is 5.62. The van der Waals surface area contributed by atoms with Crippen LogP contribution in [-0.4, -0.2) is 29.6 Å². The minimum atomic E-state index is -0.0440. The summed E-state index contributed by atoms with van der Waals surface area (Å²) in [5.74, 6) is 0.293. The molecule has 1 aromatic rings. The molecule has 3 nitrogen and oxygen atoms in total. The molecule has 0 aromatic heterocycles. The van der Waals surface area contributed by atoms with Crippen LogP contribution in [0.2, 0.25) is 0 Å². The SMILES string of the molecule is CC1(C)CCCC(N2CNC(Cc3ccccc3)C2=O)C1. The number of rotatable bonds is 3. The van der Waals surface area contributed by atoms with Gasteiger partial charge in [0.1, 0.15) is 0 Å². The van der Waals surface area contributed by atoms with E-state index in [-0.39, 0.29) is 6.04 Å². The van der Waals surface area contributed by atoms with Gasteiger partial charge < -0.3 is 4.90 Å². The molecule has 1 N–H and O–H groups in total. The van der Waals surface area contributed by atoms with Gasteiger partial charge in [-0.2, -0.15) is 0 Å². The molecule has 1 aliphatic heterocycles. The van der Waals surface area contributed by atoms with Crippen LogP contribution in [0, 0.1) is 5.41 Å². The topological polar surface area (TPSA) is 32.3 Å². The Kier molecular flexibility index (Phi) is 4.03. The monoisotopic (exact) mass is 286 g/mol. The van der Waals surface area contributed by atoms with Crippen LogP contribution >= 0.6 is 0 Å². The van der Waals surface area contributed by atoms with Crippen LogP contribution in [0.1, 0.15) is 45.1 Å². The predicted molar refractivity (Wildman–Crippen MR) is 84.8 cm³/mol. The Morgan fingerprint density at radius 2 is 2.05 bits per heavy atom. The van der Waals surface area contributed by atoms with Gasteiger partial charge in [-0.3, -0.25) is 10.1 Å². The fraction of sp³-hybridized carbons (Fsp3) is 0.611. The normalized spacial score (nSPS) is 28.9. The van der Waals surface area contributed by atoms with Crippen LogP contribution in [0.3, 0.4) is 0 Å². The van der Waals surface area contributed by atoms with Gasteiger partial charge in [-0.05, 0) is 36.7 Å². The summed E-state index contributed by atoms with van der Waals surface area (Å²) >= 11 is 0. The Morgan fingerprint density at radius 1 is 1.29 bits per heavy atom. The summed E-state index contributed by atoms with van der Waals surface area (Å²) in [6, 6.07) is 10.7. The fourth-order valence-corrected chi connectivity index (χ4v) is 3.82. The highest BCUT2D eigenvalue weighted by atomic mass is 16.2. The van der Waals surface area contributed by atoms with E-state index in [9.17, 15) is 4.79 Å². The number of amides is 1. The molecule has 2 atom stereocenters. The number of nitrogens with one attached hydrogen (secondary N) is 1. The molecule has 3 heteroatoms. The number of carbonyl (C=O) groups excluding carboxylic acids is 1. The number of benzene rings is 1. The molecule has 1 saturated carbocycles. The quantitative estimate of drug-likeness (QED) is 0.926. The third kappa shape index (κ3) is 3.29. The predicted octanol–water partition coefficient (Wildman–Crippen LogP) is 2.96. The summed E-state index contributed by atoms with van der Waals surface area (Å²) in [5, 5.41) is 3.41. The van der Waals surface area contributed by atoms with Crippen molar-refractivity contribution in [3.8, 4) is 0 Å². The Balaban J connectivity index is 1.64. The third-order valence-electron chi connectivity index (χ3n) is 4.99. The van der Waals surface area contributed by atoms with Gasteiger partial charge in [-0.15, -0.1) is 0 Å². The third-order valence-corrected chi connectivity index (χ3v) is 4.99. The average molecular weight is 286 g/mol. The molecule has 1 aliphatic carbocycles. The van der Waals surface area contributed by atoms with Crippen LogP contribution in [0.25, 0.3) is 0 Å². The standard InChI is InChI=1S/C18H26N2O/c1-18(2)10-6-9-15(12-18)20-13-19-16(17(20)21)11-14-7-4-3-5-8-14/h3-5,7-8,15-16,19H,6,9-13H2,1-2H3. The maximum Gasteiger partial charge on any atom is 0.241 e. The molecule has 1 saturated heterocycles. The number of carbonyl (C=O) groups is 1. The molecular weight excluding hydrogens is 260 g/mol. The second-order valence-corrected chi connectivity index (χ2v) is 7.33. The maximum atomic E-state index is 12.7. The van der Waals surface area contributed by atoms with Crippen LogP contribution < -0.4 is 5.32 Å². The van der Waals surface area contributed by atoms with Crippen molar-refractivity contribution < 1.29 is 4.79 Å². The van der Waals surface area contributed by atoms with Gasteiger partial charge >= 0.3 is 0 Å². The Hall–Kier alpha value is -1.35. The first-order valence-corrected chi connectivity index (χ1v) is 8.13. The van der Waals surface area contributed by atoms with Gasteiger partial charge in [-0.25, -0.2) is 0 Å². The van der Waals surface area contributed by atoms with Gasteiger partial charge in [0.05, 0.1) is 12.7 Å². The molecule has 0 spiro atoms. The van der Waals surface area contributed by atoms with Crippen LogP contribution in [0.4, 0.5) is 0 Å². The summed E-state index contributed by atoms with van der Waals surface area (Å²) in [4.78, 5) is 14.8. The zero-order valence-corrected chi connectivity index (χ0v) is 13.1. The molecule has 0 radical (unpaired) electrons. The second kappa shape index (κ2) is 5.80. The maximum absolute atomic E-state index is 12.7. The Bertz CT molecular complexity index is 497. The van der Waals surface area contributed by atoms with Crippen molar-refractivity contribution >= 4 is 5.91 Å². The minimum Gasteiger partial charge on any atom is -0.326 e. The molecule has 1 aromatic carbocycles. The first kappa shape index (κ1) is 14.6. The Morgan fingerprint density at radius 3 is 2.76 bits per heavy atom. The number of hydrogen-bond donors (Lipinski definition) is 1. The molecule has 1 amide bonds. The summed E-state index contributed by atoms with van der Waals surface area (Å²) in [6.45, 7) is 5.38. The molecule has 0 bridgehead atoms. The van der Waals surface area contributed by atoms with E-state index in [0.717, 1.165) is 25.9 Å². The lowest BCUT2D eigenvalue weighted by Gasteiger charge is -2.39. The summed E-state index contributed by atoms with van der Waals surface area (Å²) in [5.41, 5.74) is 1.61. The molecular formula is C18H26N2O. The first-order valence-electron chi connectivity index (χ1n) is 8.13. The van der Waals surface area contributed by atoms with Crippen molar-refractivity contribution in [1.82, 2.24) is 10.2 Å². The molecule has 2 fully saturated rings. The van der Waals surface area contributed by atoms with Crippen LogP contribution in [-0.2, 0) is 11.2 Å². The van der Waals surface area contributed by atoms with Crippen molar-refractivity contribution in [2.45, 2.75) is 58.0 Å². The van der Waals surface area contributed by atoms with Gasteiger partial charge in [-0.1, -0.05) is 50.6 Å². The molecule has 3 rings (SSSR count). The number of hydrogen-bond acceptors (Lipinski definition) is 2. The van der Waals surface area contributed by atoms with Crippen molar-refractivity contribution in [1.29, 1.82) is 0 Å². The highest BCUT2D eigenvalue weighted by Gasteiger charge is 2.39. The smallest absolute Gasteiger partial charge is 0.241 e. The van der Waals surface area contributed by atoms with E-state index in [1.54, 1.807) is 0 Å². The van der Waals surface area contributed by atoms with Crippen molar-refractivity contribution in [3.63, 3.8) is 0 Å². The number of nitrogens with zero attached hydrogens (tertiary/aromatic N) is 1. The van der Waals surface area contributed by atoms with E-state index in [1.807, 2.05) is 18.2 Å². The molecule has 1 heterocycles. The van der Waals surface area contributed by atoms with Crippen molar-refractivity contribution in [3.05, 3.63) is 35.9 Å². The van der Waals surface area contributed by atoms with Crippen LogP contribution in [0.5, 0.6) is 0 Å². The van der Waals surface area contributed by atoms with Gasteiger partial charge in [0.15, 0.2) is 0 Å². The van der Waals surface area contributed by atoms with Crippen LogP contribution in [0.15, 0.2) is 30.3 Å². The van der Waals surface area contributed by atoms with Crippen molar-refractivity contribution in [2.75, 3.05) is 6.67 Å². The van der Waals surface area contributed by atoms with E-state index in [1.165, 1.54) is 18.4 Å². The lowest BCUT2D eigenvalue weighted by molar-refractivity contribution is -0.132. The van der Waals surface area contributed by atoms with Gasteiger partial charge in [0, 0.05) is 6.04 Å². The zero-order chi connectivity index (χ0) is 14.9. The van der Waals surface area contributed by atoms with E-state index < -0.39 is 0 Å². The highest BCUT2D eigenvalue weighted by molar-refractivity contribution is 5.84. The minimum absolute atomic E-state index is 0.0440. The largest absolute Gasteiger partial charge is 0.326 e. The summed E-state index contributed by atoms with van der Waals surface area (Å²) < 4.78 is 0. The molecule has 114 valence electrons. The highest BCUT2D eigenvalue weighted by Crippen LogP contribution is 2.37. The first-order chi connectivity index (χ1) is 10.1. The van der Waals surface area contributed by atoms with E-state index in [0.29, 0.717) is 17.4 Å². The summed E-state index contributed by atoms with van der Waals surface area (Å²) in [7, 11) is 0. The van der Waals surface area contributed by atoms with E-state index in [4.69, 9.17) is 0 Å². The fourth-order valence-electron chi connectivity index (χ4n) is 3.82. The van der Waals surface area contributed by atoms with E-state index in [2.05, 4.69) is 36.2 Å². The molecule has 2 unspecified atom stereocenters. The molecule has 21 heavy (non-hydrogen) atoms.